The number of amides is 3. The van der Waals surface area contributed by atoms with Gasteiger partial charge in [0.2, 0.25) is 0 Å². The van der Waals surface area contributed by atoms with Crippen molar-refractivity contribution < 1.29 is 23.9 Å². The molecule has 1 atom stereocenters. The summed E-state index contributed by atoms with van der Waals surface area (Å²) in [6, 6.07) is 21.2. The topological polar surface area (TPSA) is 126 Å². The van der Waals surface area contributed by atoms with Crippen LogP contribution in [0.25, 0.3) is 21.7 Å². The summed E-state index contributed by atoms with van der Waals surface area (Å²) in [5, 5.41) is 17.2. The van der Waals surface area contributed by atoms with Gasteiger partial charge in [0.15, 0.2) is 0 Å². The Balaban J connectivity index is 1.47. The zero-order valence-corrected chi connectivity index (χ0v) is 27.4. The van der Waals surface area contributed by atoms with Gasteiger partial charge in [0.1, 0.15) is 22.7 Å². The summed E-state index contributed by atoms with van der Waals surface area (Å²) in [4.78, 5) is 40.8. The Kier molecular flexibility index (Phi) is 9.10. The van der Waals surface area contributed by atoms with Gasteiger partial charge in [0, 0.05) is 42.1 Å². The number of fused-ring (bicyclic) bond motifs is 2. The fourth-order valence-corrected chi connectivity index (χ4v) is 5.69. The van der Waals surface area contributed by atoms with Crippen LogP contribution in [-0.4, -0.2) is 63.7 Å². The van der Waals surface area contributed by atoms with E-state index in [0.29, 0.717) is 30.9 Å². The molecule has 1 aromatic heterocycles. The van der Waals surface area contributed by atoms with E-state index in [2.05, 4.69) is 28.8 Å². The van der Waals surface area contributed by atoms with Gasteiger partial charge in [-0.05, 0) is 82.9 Å². The SMILES string of the molecule is CC(C)(C)OC(=O)NC(=N)c1ccc2cc(C(=O)N[C@H]3CCCN(C(=O)OC(C)(C)C)C3)n(Cc3cccc4ccccc34)c2c1. The molecule has 2 heterocycles. The van der Waals surface area contributed by atoms with Crippen molar-refractivity contribution in [1.29, 1.82) is 5.41 Å². The van der Waals surface area contributed by atoms with E-state index in [9.17, 15) is 14.4 Å². The molecule has 0 unspecified atom stereocenters. The van der Waals surface area contributed by atoms with E-state index in [1.807, 2.05) is 67.8 Å². The smallest absolute Gasteiger partial charge is 0.413 e. The summed E-state index contributed by atoms with van der Waals surface area (Å²) in [6.07, 6.45) is 0.397. The summed E-state index contributed by atoms with van der Waals surface area (Å²) >= 11 is 0. The third kappa shape index (κ3) is 7.85. The molecular weight excluding hydrogens is 582 g/mol. The van der Waals surface area contributed by atoms with E-state index in [1.165, 1.54) is 0 Å². The molecule has 0 aliphatic carbocycles. The lowest BCUT2D eigenvalue weighted by molar-refractivity contribution is 0.0185. The lowest BCUT2D eigenvalue weighted by Gasteiger charge is -2.34. The van der Waals surface area contributed by atoms with Gasteiger partial charge < -0.3 is 24.3 Å². The van der Waals surface area contributed by atoms with Crippen LogP contribution >= 0.6 is 0 Å². The number of carbonyl (C=O) groups is 3. The highest BCUT2D eigenvalue weighted by Gasteiger charge is 2.29. The van der Waals surface area contributed by atoms with Crippen LogP contribution in [0.2, 0.25) is 0 Å². The second-order valence-electron chi connectivity index (χ2n) is 13.8. The number of likely N-dealkylation sites (tertiary alicyclic amines) is 1. The van der Waals surface area contributed by atoms with Gasteiger partial charge in [-0.1, -0.05) is 54.6 Å². The van der Waals surface area contributed by atoms with Crippen molar-refractivity contribution in [3.05, 3.63) is 83.6 Å². The Labute approximate surface area is 269 Å². The van der Waals surface area contributed by atoms with Crippen molar-refractivity contribution in [2.75, 3.05) is 13.1 Å². The zero-order chi connectivity index (χ0) is 33.2. The standard InChI is InChI=1S/C36H43N5O5/c1-35(2,3)45-33(43)39-31(37)25-17-16-24-19-30(32(42)38-27-14-10-18-40(22-27)34(44)46-36(4,5)6)41(29(24)20-25)21-26-13-9-12-23-11-7-8-15-28(23)26/h7-9,11-13,15-17,19-20,27H,10,14,18,21-22H2,1-6H3,(H,38,42)(H2,37,39,43)/t27-/m0/s1. The first kappa shape index (κ1) is 32.5. The van der Waals surface area contributed by atoms with E-state index >= 15 is 0 Å². The normalized spacial score (nSPS) is 15.4. The number of hydrogen-bond acceptors (Lipinski definition) is 6. The maximum absolute atomic E-state index is 14.0. The van der Waals surface area contributed by atoms with Gasteiger partial charge >= 0.3 is 12.2 Å². The molecule has 1 fully saturated rings. The molecule has 4 aromatic rings. The number of hydrogen-bond donors (Lipinski definition) is 3. The molecule has 3 aromatic carbocycles. The Hall–Kier alpha value is -4.86. The van der Waals surface area contributed by atoms with Gasteiger partial charge in [-0.3, -0.25) is 15.5 Å². The molecule has 46 heavy (non-hydrogen) atoms. The fraction of sp³-hybridized carbons (Fsp3) is 0.389. The molecule has 3 amide bonds. The molecule has 0 radical (unpaired) electrons. The van der Waals surface area contributed by atoms with Crippen molar-refractivity contribution in [2.24, 2.45) is 0 Å². The van der Waals surface area contributed by atoms with Crippen molar-refractivity contribution in [1.82, 2.24) is 20.1 Å². The maximum atomic E-state index is 14.0. The van der Waals surface area contributed by atoms with Crippen LogP contribution in [0, 0.1) is 5.41 Å². The Morgan fingerprint density at radius 1 is 0.891 bits per heavy atom. The molecule has 1 saturated heterocycles. The monoisotopic (exact) mass is 625 g/mol. The number of nitrogens with zero attached hydrogens (tertiary/aromatic N) is 2. The minimum absolute atomic E-state index is 0.107. The molecule has 0 bridgehead atoms. The summed E-state index contributed by atoms with van der Waals surface area (Å²) < 4.78 is 12.9. The lowest BCUT2D eigenvalue weighted by atomic mass is 10.0. The highest BCUT2D eigenvalue weighted by molar-refractivity contribution is 6.07. The van der Waals surface area contributed by atoms with Gasteiger partial charge in [-0.25, -0.2) is 9.59 Å². The maximum Gasteiger partial charge on any atom is 0.413 e. The van der Waals surface area contributed by atoms with Gasteiger partial charge in [0.05, 0.1) is 0 Å². The number of amidine groups is 1. The van der Waals surface area contributed by atoms with Gasteiger partial charge in [-0.15, -0.1) is 0 Å². The summed E-state index contributed by atoms with van der Waals surface area (Å²) in [7, 11) is 0. The average molecular weight is 626 g/mol. The minimum Gasteiger partial charge on any atom is -0.444 e. The molecule has 0 saturated carbocycles. The second-order valence-corrected chi connectivity index (χ2v) is 13.8. The van der Waals surface area contributed by atoms with E-state index in [4.69, 9.17) is 14.9 Å². The molecule has 10 nitrogen and oxygen atoms in total. The Morgan fingerprint density at radius 2 is 1.61 bits per heavy atom. The number of piperidine rings is 1. The van der Waals surface area contributed by atoms with Crippen LogP contribution in [-0.2, 0) is 16.0 Å². The lowest BCUT2D eigenvalue weighted by Crippen LogP contribution is -2.50. The fourth-order valence-electron chi connectivity index (χ4n) is 5.69. The molecule has 242 valence electrons. The molecule has 1 aliphatic rings. The Morgan fingerprint density at radius 3 is 2.35 bits per heavy atom. The van der Waals surface area contributed by atoms with Crippen LogP contribution in [0.4, 0.5) is 9.59 Å². The van der Waals surface area contributed by atoms with Crippen LogP contribution in [0.15, 0.2) is 66.7 Å². The highest BCUT2D eigenvalue weighted by Crippen LogP contribution is 2.27. The van der Waals surface area contributed by atoms with Crippen LogP contribution in [0.3, 0.4) is 0 Å². The predicted octanol–water partition coefficient (Wildman–Crippen LogP) is 6.82. The van der Waals surface area contributed by atoms with E-state index in [-0.39, 0.29) is 23.9 Å². The third-order valence-electron chi connectivity index (χ3n) is 7.67. The second kappa shape index (κ2) is 12.9. The first-order valence-corrected chi connectivity index (χ1v) is 15.6. The largest absolute Gasteiger partial charge is 0.444 e. The number of nitrogens with one attached hydrogen (secondary N) is 3. The van der Waals surface area contributed by atoms with E-state index in [0.717, 1.165) is 40.1 Å². The first-order valence-electron chi connectivity index (χ1n) is 15.6. The van der Waals surface area contributed by atoms with Crippen molar-refractivity contribution in [3.63, 3.8) is 0 Å². The number of carbonyl (C=O) groups excluding carboxylic acids is 3. The van der Waals surface area contributed by atoms with E-state index < -0.39 is 17.3 Å². The molecule has 1 aliphatic heterocycles. The number of rotatable bonds is 5. The molecule has 10 heteroatoms. The highest BCUT2D eigenvalue weighted by atomic mass is 16.6. The number of alkyl carbamates (subject to hydrolysis) is 1. The molecule has 0 spiro atoms. The quantitative estimate of drug-likeness (QED) is 0.166. The molecular formula is C36H43N5O5. The number of aromatic nitrogens is 1. The van der Waals surface area contributed by atoms with Crippen LogP contribution < -0.4 is 10.6 Å². The molecule has 3 N–H and O–H groups in total. The number of benzene rings is 3. The van der Waals surface area contributed by atoms with E-state index in [1.54, 1.807) is 31.7 Å². The van der Waals surface area contributed by atoms with Gasteiger partial charge in [0.25, 0.3) is 5.91 Å². The third-order valence-corrected chi connectivity index (χ3v) is 7.67. The number of ether oxygens (including phenoxy) is 2. The average Bonchev–Trinajstić information content (AvgIpc) is 3.33. The summed E-state index contributed by atoms with van der Waals surface area (Å²) in [5.74, 6) is -0.361. The minimum atomic E-state index is -0.711. The zero-order valence-electron chi connectivity index (χ0n) is 27.4. The van der Waals surface area contributed by atoms with Crippen LogP contribution in [0.1, 0.15) is 76.0 Å². The summed E-state index contributed by atoms with van der Waals surface area (Å²) in [5.41, 5.74) is 1.40. The summed E-state index contributed by atoms with van der Waals surface area (Å²) in [6.45, 7) is 12.1. The van der Waals surface area contributed by atoms with Crippen molar-refractivity contribution in [2.45, 2.75) is 78.2 Å². The predicted molar refractivity (Wildman–Crippen MR) is 179 cm³/mol. The van der Waals surface area contributed by atoms with Crippen LogP contribution in [0.5, 0.6) is 0 Å². The van der Waals surface area contributed by atoms with Crippen molar-refractivity contribution >= 4 is 45.6 Å². The first-order chi connectivity index (χ1) is 21.7. The Bertz CT molecular complexity index is 1790. The van der Waals surface area contributed by atoms with Crippen molar-refractivity contribution in [3.8, 4) is 0 Å². The van der Waals surface area contributed by atoms with Gasteiger partial charge in [-0.2, -0.15) is 0 Å². The molecule has 5 rings (SSSR count).